The number of hydrogen-bond acceptors (Lipinski definition) is 4. The summed E-state index contributed by atoms with van der Waals surface area (Å²) in [6.07, 6.45) is 0.236. The van der Waals surface area contributed by atoms with E-state index in [9.17, 15) is 9.59 Å². The molecule has 0 atom stereocenters. The van der Waals surface area contributed by atoms with E-state index in [2.05, 4.69) is 11.9 Å². The van der Waals surface area contributed by atoms with Crippen molar-refractivity contribution >= 4 is 11.7 Å². The minimum Gasteiger partial charge on any atom is -0.386 e. The average Bonchev–Trinajstić information content (AvgIpc) is 2.14. The van der Waals surface area contributed by atoms with Crippen molar-refractivity contribution in [3.8, 4) is 0 Å². The summed E-state index contributed by atoms with van der Waals surface area (Å²) in [7, 11) is 1.58. The van der Waals surface area contributed by atoms with Gasteiger partial charge in [-0.15, -0.1) is 0 Å². The van der Waals surface area contributed by atoms with Crippen molar-refractivity contribution < 1.29 is 9.59 Å². The van der Waals surface area contributed by atoms with Gasteiger partial charge in [0.1, 0.15) is 0 Å². The number of nitrogens with zero attached hydrogens (tertiary/aromatic N) is 1. The second-order valence-corrected chi connectivity index (χ2v) is 2.96. The molecular formula is C9H17N3O2. The maximum atomic E-state index is 11.2. The zero-order chi connectivity index (χ0) is 11.1. The monoisotopic (exact) mass is 199 g/mol. The molecule has 80 valence electrons. The normalized spacial score (nSPS) is 9.29. The summed E-state index contributed by atoms with van der Waals surface area (Å²) < 4.78 is 0. The van der Waals surface area contributed by atoms with Gasteiger partial charge in [0.05, 0.1) is 5.82 Å². The Balaban J connectivity index is 3.84. The second kappa shape index (κ2) is 6.01. The Kier molecular flexibility index (Phi) is 5.36. The third-order valence-electron chi connectivity index (χ3n) is 1.71. The third kappa shape index (κ3) is 4.49. The van der Waals surface area contributed by atoms with Crippen LogP contribution in [0.2, 0.25) is 0 Å². The molecule has 0 rings (SSSR count). The zero-order valence-electron chi connectivity index (χ0n) is 8.67. The van der Waals surface area contributed by atoms with Crippen LogP contribution in [0.1, 0.15) is 13.3 Å². The summed E-state index contributed by atoms with van der Waals surface area (Å²) in [5.74, 6) is -0.483. The lowest BCUT2D eigenvalue weighted by Crippen LogP contribution is -2.38. The number of nitrogens with one attached hydrogen (secondary N) is 1. The molecular weight excluding hydrogens is 182 g/mol. The minimum atomic E-state index is -0.461. The van der Waals surface area contributed by atoms with Crippen LogP contribution in [0.5, 0.6) is 0 Å². The van der Waals surface area contributed by atoms with Gasteiger partial charge in [0.15, 0.2) is 0 Å². The lowest BCUT2D eigenvalue weighted by Gasteiger charge is -2.16. The Labute approximate surface area is 83.9 Å². The molecule has 0 bridgehead atoms. The lowest BCUT2D eigenvalue weighted by atomic mass is 10.3. The van der Waals surface area contributed by atoms with Gasteiger partial charge in [-0.1, -0.05) is 13.5 Å². The molecule has 0 aromatic heterocycles. The highest BCUT2D eigenvalue weighted by molar-refractivity contribution is 6.35. The Morgan fingerprint density at radius 3 is 2.50 bits per heavy atom. The molecule has 0 aliphatic heterocycles. The predicted octanol–water partition coefficient (Wildman–Crippen LogP) is -0.557. The van der Waals surface area contributed by atoms with E-state index in [0.717, 1.165) is 0 Å². The first-order valence-electron chi connectivity index (χ1n) is 4.45. The average molecular weight is 199 g/mol. The zero-order valence-corrected chi connectivity index (χ0v) is 8.67. The van der Waals surface area contributed by atoms with Crippen molar-refractivity contribution in [3.63, 3.8) is 0 Å². The van der Waals surface area contributed by atoms with Crippen molar-refractivity contribution in [3.05, 3.63) is 12.4 Å². The van der Waals surface area contributed by atoms with Gasteiger partial charge in [-0.25, -0.2) is 0 Å². The summed E-state index contributed by atoms with van der Waals surface area (Å²) >= 11 is 0. The molecule has 0 spiro atoms. The molecule has 0 saturated carbocycles. The van der Waals surface area contributed by atoms with E-state index < -0.39 is 5.91 Å². The predicted molar refractivity (Wildman–Crippen MR) is 54.3 cm³/mol. The molecule has 0 aromatic rings. The van der Waals surface area contributed by atoms with Crippen LogP contribution < -0.4 is 11.1 Å². The van der Waals surface area contributed by atoms with Crippen LogP contribution >= 0.6 is 0 Å². The molecule has 3 N–H and O–H groups in total. The number of rotatable bonds is 6. The van der Waals surface area contributed by atoms with Crippen molar-refractivity contribution in [2.75, 3.05) is 20.1 Å². The smallest absolute Gasteiger partial charge is 0.289 e. The first kappa shape index (κ1) is 12.5. The van der Waals surface area contributed by atoms with Gasteiger partial charge < -0.3 is 16.0 Å². The van der Waals surface area contributed by atoms with E-state index in [1.807, 2.05) is 0 Å². The highest BCUT2D eigenvalue weighted by Gasteiger charge is 2.15. The van der Waals surface area contributed by atoms with E-state index in [1.54, 1.807) is 14.0 Å². The highest BCUT2D eigenvalue weighted by atomic mass is 16.2. The summed E-state index contributed by atoms with van der Waals surface area (Å²) in [5.41, 5.74) is 5.26. The molecule has 0 saturated heterocycles. The standard InChI is InChI=1S/C9H17N3O2/c1-4-8(13)9(14)12(3)6-5-11-7(2)10/h11H,2,4-6,10H2,1,3H3. The third-order valence-corrected chi connectivity index (χ3v) is 1.71. The van der Waals surface area contributed by atoms with Crippen LogP contribution in [-0.2, 0) is 9.59 Å². The SMILES string of the molecule is C=C(N)NCCN(C)C(=O)C(=O)CC. The van der Waals surface area contributed by atoms with Gasteiger partial charge in [0.2, 0.25) is 5.78 Å². The number of amides is 1. The van der Waals surface area contributed by atoms with Crippen LogP contribution in [0.4, 0.5) is 0 Å². The Hall–Kier alpha value is -1.52. The molecule has 0 unspecified atom stereocenters. The topological polar surface area (TPSA) is 75.4 Å². The van der Waals surface area contributed by atoms with Crippen molar-refractivity contribution in [2.24, 2.45) is 5.73 Å². The summed E-state index contributed by atoms with van der Waals surface area (Å²) in [5, 5.41) is 2.77. The van der Waals surface area contributed by atoms with Gasteiger partial charge in [-0.2, -0.15) is 0 Å². The van der Waals surface area contributed by atoms with E-state index in [1.165, 1.54) is 4.90 Å². The Morgan fingerprint density at radius 1 is 1.50 bits per heavy atom. The quantitative estimate of drug-likeness (QED) is 0.562. The van der Waals surface area contributed by atoms with Gasteiger partial charge in [0.25, 0.3) is 5.91 Å². The van der Waals surface area contributed by atoms with Crippen LogP contribution in [-0.4, -0.2) is 36.7 Å². The number of likely N-dealkylation sites (N-methyl/N-ethyl adjacent to an activating group) is 1. The van der Waals surface area contributed by atoms with Gasteiger partial charge in [-0.05, 0) is 0 Å². The fourth-order valence-electron chi connectivity index (χ4n) is 0.850. The fraction of sp³-hybridized carbons (Fsp3) is 0.556. The summed E-state index contributed by atoms with van der Waals surface area (Å²) in [4.78, 5) is 23.6. The molecule has 0 aliphatic carbocycles. The first-order valence-corrected chi connectivity index (χ1v) is 4.45. The Bertz CT molecular complexity index is 238. The molecule has 14 heavy (non-hydrogen) atoms. The fourth-order valence-corrected chi connectivity index (χ4v) is 0.850. The number of ketones is 1. The number of carbonyl (C=O) groups excluding carboxylic acids is 2. The lowest BCUT2D eigenvalue weighted by molar-refractivity contribution is -0.143. The molecule has 0 fully saturated rings. The molecule has 0 radical (unpaired) electrons. The summed E-state index contributed by atoms with van der Waals surface area (Å²) in [6.45, 7) is 6.03. The van der Waals surface area contributed by atoms with Crippen molar-refractivity contribution in [2.45, 2.75) is 13.3 Å². The van der Waals surface area contributed by atoms with Crippen LogP contribution in [0.15, 0.2) is 12.4 Å². The van der Waals surface area contributed by atoms with Gasteiger partial charge in [-0.3, -0.25) is 9.59 Å². The van der Waals surface area contributed by atoms with E-state index >= 15 is 0 Å². The molecule has 0 aromatic carbocycles. The molecule has 1 amide bonds. The first-order chi connectivity index (χ1) is 6.49. The van der Waals surface area contributed by atoms with Crippen LogP contribution in [0.3, 0.4) is 0 Å². The van der Waals surface area contributed by atoms with E-state index in [-0.39, 0.29) is 12.2 Å². The van der Waals surface area contributed by atoms with Crippen molar-refractivity contribution in [1.29, 1.82) is 0 Å². The van der Waals surface area contributed by atoms with Crippen molar-refractivity contribution in [1.82, 2.24) is 10.2 Å². The second-order valence-electron chi connectivity index (χ2n) is 2.96. The van der Waals surface area contributed by atoms with Crippen LogP contribution in [0, 0.1) is 0 Å². The number of hydrogen-bond donors (Lipinski definition) is 2. The molecule has 5 nitrogen and oxygen atoms in total. The number of carbonyl (C=O) groups is 2. The summed E-state index contributed by atoms with van der Waals surface area (Å²) in [6, 6.07) is 0. The van der Waals surface area contributed by atoms with Gasteiger partial charge in [0, 0.05) is 26.6 Å². The van der Waals surface area contributed by atoms with E-state index in [0.29, 0.717) is 18.9 Å². The maximum absolute atomic E-state index is 11.2. The van der Waals surface area contributed by atoms with Gasteiger partial charge >= 0.3 is 0 Å². The number of Topliss-reactive ketones (excluding diaryl/α,β-unsaturated/α-hetero) is 1. The molecule has 5 heteroatoms. The largest absolute Gasteiger partial charge is 0.386 e. The Morgan fingerprint density at radius 2 is 2.07 bits per heavy atom. The van der Waals surface area contributed by atoms with Crippen LogP contribution in [0.25, 0.3) is 0 Å². The van der Waals surface area contributed by atoms with E-state index in [4.69, 9.17) is 5.73 Å². The molecule has 0 heterocycles. The maximum Gasteiger partial charge on any atom is 0.289 e. The molecule has 0 aliphatic rings. The number of nitrogens with two attached hydrogens (primary N) is 1. The minimum absolute atomic E-state index is 0.236. The highest BCUT2D eigenvalue weighted by Crippen LogP contribution is 1.89.